The summed E-state index contributed by atoms with van der Waals surface area (Å²) in [5.41, 5.74) is 1.10. The Balaban J connectivity index is 2.46. The molecule has 0 heterocycles. The molecule has 1 aromatic carbocycles. The second-order valence-corrected chi connectivity index (χ2v) is 3.80. The molecule has 2 N–H and O–H groups in total. The normalized spacial score (nSPS) is 9.38. The van der Waals surface area contributed by atoms with Crippen molar-refractivity contribution < 1.29 is 4.79 Å². The first-order valence-electron chi connectivity index (χ1n) is 3.92. The number of nitrogens with one attached hydrogen (secondary N) is 2. The second kappa shape index (κ2) is 5.06. The number of hydrogen-bond donors (Lipinski definition) is 2. The Morgan fingerprint density at radius 3 is 2.54 bits per heavy atom. The summed E-state index contributed by atoms with van der Waals surface area (Å²) in [6, 6.07) is 7.87. The Labute approximate surface area is 91.0 Å². The minimum atomic E-state index is -0.154. The zero-order valence-corrected chi connectivity index (χ0v) is 9.46. The van der Waals surface area contributed by atoms with Gasteiger partial charge in [0.05, 0.1) is 0 Å². The van der Waals surface area contributed by atoms with Gasteiger partial charge >= 0.3 is 6.03 Å². The zero-order valence-electron chi connectivity index (χ0n) is 7.30. The summed E-state index contributed by atoms with van der Waals surface area (Å²) in [5.74, 6) is 0. The highest BCUT2D eigenvalue weighted by molar-refractivity contribution is 14.1. The van der Waals surface area contributed by atoms with Gasteiger partial charge in [0.15, 0.2) is 0 Å². The number of carbonyl (C=O) groups excluding carboxylic acids is 1. The van der Waals surface area contributed by atoms with E-state index in [2.05, 4.69) is 33.2 Å². The van der Waals surface area contributed by atoms with Gasteiger partial charge in [-0.2, -0.15) is 0 Å². The standard InChI is InChI=1S/C9H11IN2O/c1-11-9(13)12-6-7-2-4-8(10)5-3-7/h2-5H,6H2,1H3,(H2,11,12,13). The first-order chi connectivity index (χ1) is 6.22. The Kier molecular flexibility index (Phi) is 4.01. The summed E-state index contributed by atoms with van der Waals surface area (Å²) in [5, 5.41) is 5.21. The largest absolute Gasteiger partial charge is 0.341 e. The van der Waals surface area contributed by atoms with Gasteiger partial charge in [-0.15, -0.1) is 0 Å². The molecule has 13 heavy (non-hydrogen) atoms. The monoisotopic (exact) mass is 290 g/mol. The average Bonchev–Trinajstić information content (AvgIpc) is 2.16. The molecule has 0 radical (unpaired) electrons. The van der Waals surface area contributed by atoms with Crippen molar-refractivity contribution in [3.8, 4) is 0 Å². The van der Waals surface area contributed by atoms with E-state index in [0.717, 1.165) is 5.56 Å². The predicted octanol–water partition coefficient (Wildman–Crippen LogP) is 1.72. The molecule has 4 heteroatoms. The van der Waals surface area contributed by atoms with Crippen LogP contribution in [0.4, 0.5) is 4.79 Å². The molecule has 0 spiro atoms. The van der Waals surface area contributed by atoms with E-state index in [1.54, 1.807) is 7.05 Å². The lowest BCUT2D eigenvalue weighted by molar-refractivity contribution is 0.242. The molecule has 0 aliphatic carbocycles. The van der Waals surface area contributed by atoms with Crippen LogP contribution in [0, 0.1) is 3.57 Å². The molecule has 0 saturated carbocycles. The number of amides is 2. The predicted molar refractivity (Wildman–Crippen MR) is 60.5 cm³/mol. The lowest BCUT2D eigenvalue weighted by atomic mass is 10.2. The molecule has 0 unspecified atom stereocenters. The molecular weight excluding hydrogens is 279 g/mol. The van der Waals surface area contributed by atoms with Crippen LogP contribution in [0.25, 0.3) is 0 Å². The average molecular weight is 290 g/mol. The lowest BCUT2D eigenvalue weighted by Gasteiger charge is -2.03. The first kappa shape index (κ1) is 10.3. The molecule has 70 valence electrons. The molecule has 0 aromatic heterocycles. The Morgan fingerprint density at radius 1 is 1.38 bits per heavy atom. The maximum atomic E-state index is 10.8. The third-order valence-corrected chi connectivity index (χ3v) is 2.31. The van der Waals surface area contributed by atoms with Crippen LogP contribution in [0.3, 0.4) is 0 Å². The first-order valence-corrected chi connectivity index (χ1v) is 5.00. The summed E-state index contributed by atoms with van der Waals surface area (Å²) < 4.78 is 1.20. The van der Waals surface area contributed by atoms with E-state index >= 15 is 0 Å². The van der Waals surface area contributed by atoms with Crippen LogP contribution in [0.1, 0.15) is 5.56 Å². The molecule has 1 aromatic rings. The summed E-state index contributed by atoms with van der Waals surface area (Å²) in [7, 11) is 1.60. The van der Waals surface area contributed by atoms with E-state index in [9.17, 15) is 4.79 Å². The smallest absolute Gasteiger partial charge is 0.314 e. The fourth-order valence-electron chi connectivity index (χ4n) is 0.873. The van der Waals surface area contributed by atoms with Crippen LogP contribution >= 0.6 is 22.6 Å². The van der Waals surface area contributed by atoms with Crippen molar-refractivity contribution in [2.75, 3.05) is 7.05 Å². The fraction of sp³-hybridized carbons (Fsp3) is 0.222. The van der Waals surface area contributed by atoms with E-state index in [-0.39, 0.29) is 6.03 Å². The third kappa shape index (κ3) is 3.63. The molecule has 0 saturated heterocycles. The van der Waals surface area contributed by atoms with Gasteiger partial charge in [0, 0.05) is 17.2 Å². The molecule has 3 nitrogen and oxygen atoms in total. The highest BCUT2D eigenvalue weighted by Gasteiger charge is 1.96. The van der Waals surface area contributed by atoms with Crippen LogP contribution in [-0.2, 0) is 6.54 Å². The SMILES string of the molecule is CNC(=O)NCc1ccc(I)cc1. The maximum Gasteiger partial charge on any atom is 0.314 e. The van der Waals surface area contributed by atoms with E-state index in [4.69, 9.17) is 0 Å². The number of benzene rings is 1. The molecule has 0 bridgehead atoms. The molecule has 0 aliphatic heterocycles. The van der Waals surface area contributed by atoms with E-state index < -0.39 is 0 Å². The summed E-state index contributed by atoms with van der Waals surface area (Å²) in [6.45, 7) is 0.566. The molecule has 0 fully saturated rings. The third-order valence-electron chi connectivity index (χ3n) is 1.59. The molecular formula is C9H11IN2O. The summed E-state index contributed by atoms with van der Waals surface area (Å²) in [4.78, 5) is 10.8. The lowest BCUT2D eigenvalue weighted by Crippen LogP contribution is -2.32. The van der Waals surface area contributed by atoms with Gasteiger partial charge < -0.3 is 10.6 Å². The van der Waals surface area contributed by atoms with Crippen molar-refractivity contribution in [2.45, 2.75) is 6.54 Å². The van der Waals surface area contributed by atoms with Crippen molar-refractivity contribution in [1.29, 1.82) is 0 Å². The van der Waals surface area contributed by atoms with Gasteiger partial charge in [0.2, 0.25) is 0 Å². The van der Waals surface area contributed by atoms with Crippen LogP contribution in [0.2, 0.25) is 0 Å². The van der Waals surface area contributed by atoms with Crippen molar-refractivity contribution in [2.24, 2.45) is 0 Å². The maximum absolute atomic E-state index is 10.8. The molecule has 0 atom stereocenters. The number of hydrogen-bond acceptors (Lipinski definition) is 1. The van der Waals surface area contributed by atoms with Gasteiger partial charge in [0.1, 0.15) is 0 Å². The van der Waals surface area contributed by atoms with Gasteiger partial charge in [-0.25, -0.2) is 4.79 Å². The van der Waals surface area contributed by atoms with Gasteiger partial charge in [-0.05, 0) is 40.3 Å². The van der Waals surface area contributed by atoms with Crippen molar-refractivity contribution >= 4 is 28.6 Å². The fourth-order valence-corrected chi connectivity index (χ4v) is 1.23. The Hall–Kier alpha value is -0.780. The number of carbonyl (C=O) groups is 1. The van der Waals surface area contributed by atoms with Gasteiger partial charge in [-0.3, -0.25) is 0 Å². The van der Waals surface area contributed by atoms with Crippen molar-refractivity contribution in [3.63, 3.8) is 0 Å². The highest BCUT2D eigenvalue weighted by atomic mass is 127. The van der Waals surface area contributed by atoms with Crippen molar-refractivity contribution in [1.82, 2.24) is 10.6 Å². The minimum Gasteiger partial charge on any atom is -0.341 e. The quantitative estimate of drug-likeness (QED) is 0.800. The highest BCUT2D eigenvalue weighted by Crippen LogP contribution is 2.06. The molecule has 1 rings (SSSR count). The van der Waals surface area contributed by atoms with Gasteiger partial charge in [0.25, 0.3) is 0 Å². The number of urea groups is 1. The van der Waals surface area contributed by atoms with Crippen LogP contribution in [-0.4, -0.2) is 13.1 Å². The van der Waals surface area contributed by atoms with E-state index in [0.29, 0.717) is 6.54 Å². The Bertz CT molecular complexity index is 284. The molecule has 0 aliphatic rings. The Morgan fingerprint density at radius 2 is 2.00 bits per heavy atom. The summed E-state index contributed by atoms with van der Waals surface area (Å²) in [6.07, 6.45) is 0. The topological polar surface area (TPSA) is 41.1 Å². The van der Waals surface area contributed by atoms with E-state index in [1.807, 2.05) is 24.3 Å². The number of halogens is 1. The second-order valence-electron chi connectivity index (χ2n) is 2.56. The summed E-state index contributed by atoms with van der Waals surface area (Å²) >= 11 is 2.25. The zero-order chi connectivity index (χ0) is 9.68. The number of rotatable bonds is 2. The van der Waals surface area contributed by atoms with E-state index in [1.165, 1.54) is 3.57 Å². The molecule has 2 amide bonds. The van der Waals surface area contributed by atoms with Crippen LogP contribution < -0.4 is 10.6 Å². The minimum absolute atomic E-state index is 0.154. The van der Waals surface area contributed by atoms with Gasteiger partial charge in [-0.1, -0.05) is 12.1 Å². The van der Waals surface area contributed by atoms with Crippen molar-refractivity contribution in [3.05, 3.63) is 33.4 Å². The van der Waals surface area contributed by atoms with Crippen LogP contribution in [0.5, 0.6) is 0 Å². The van der Waals surface area contributed by atoms with Crippen LogP contribution in [0.15, 0.2) is 24.3 Å².